The molecule has 0 atom stereocenters. The highest BCUT2D eigenvalue weighted by Crippen LogP contribution is 2.38. The number of anilines is 2. The van der Waals surface area contributed by atoms with Gasteiger partial charge in [0.05, 0.1) is 5.69 Å². The van der Waals surface area contributed by atoms with Gasteiger partial charge < -0.3 is 20.9 Å². The maximum Gasteiger partial charge on any atom is 0.265 e. The maximum absolute atomic E-state index is 12.1. The number of nitrogens with two attached hydrogens (primary N) is 1. The van der Waals surface area contributed by atoms with Crippen molar-refractivity contribution in [2.24, 2.45) is 0 Å². The number of nitrogen functional groups attached to an aromatic ring is 1. The van der Waals surface area contributed by atoms with E-state index in [0.29, 0.717) is 16.1 Å². The van der Waals surface area contributed by atoms with Crippen LogP contribution in [0.1, 0.15) is 21.7 Å². The van der Waals surface area contributed by atoms with Crippen LogP contribution in [0.4, 0.5) is 10.7 Å². The van der Waals surface area contributed by atoms with Gasteiger partial charge in [-0.1, -0.05) is 0 Å². The summed E-state index contributed by atoms with van der Waals surface area (Å²) in [4.78, 5) is 16.2. The Labute approximate surface area is 122 Å². The molecule has 3 N–H and O–H groups in total. The predicted octanol–water partition coefficient (Wildman–Crippen LogP) is 0.703. The van der Waals surface area contributed by atoms with E-state index in [1.807, 2.05) is 0 Å². The van der Waals surface area contributed by atoms with Crippen LogP contribution in [-0.4, -0.2) is 51.1 Å². The van der Waals surface area contributed by atoms with Gasteiger partial charge in [-0.05, 0) is 13.0 Å². The van der Waals surface area contributed by atoms with Crippen molar-refractivity contribution < 1.29 is 4.79 Å². The average Bonchev–Trinajstić information content (AvgIpc) is 2.62. The third kappa shape index (κ3) is 2.71. The zero-order valence-corrected chi connectivity index (χ0v) is 12.6. The van der Waals surface area contributed by atoms with Crippen LogP contribution in [0.2, 0.25) is 0 Å². The van der Waals surface area contributed by atoms with Crippen LogP contribution < -0.4 is 16.0 Å². The topological polar surface area (TPSA) is 85.4 Å². The van der Waals surface area contributed by atoms with Crippen molar-refractivity contribution in [2.75, 3.05) is 50.9 Å². The van der Waals surface area contributed by atoms with Gasteiger partial charge in [0.15, 0.2) is 0 Å². The van der Waals surface area contributed by atoms with Crippen molar-refractivity contribution in [1.82, 2.24) is 10.2 Å². The summed E-state index contributed by atoms with van der Waals surface area (Å²) in [6.45, 7) is 3.55. The Balaban J connectivity index is 2.40. The van der Waals surface area contributed by atoms with E-state index in [2.05, 4.69) is 16.3 Å². The minimum atomic E-state index is -0.150. The summed E-state index contributed by atoms with van der Waals surface area (Å²) < 4.78 is 0. The van der Waals surface area contributed by atoms with Crippen molar-refractivity contribution in [2.45, 2.75) is 6.42 Å². The lowest BCUT2D eigenvalue weighted by molar-refractivity contribution is 0.0833. The summed E-state index contributed by atoms with van der Waals surface area (Å²) in [5.41, 5.74) is 6.74. The Morgan fingerprint density at radius 1 is 1.45 bits per heavy atom. The fourth-order valence-corrected chi connectivity index (χ4v) is 3.42. The number of carbonyl (C=O) groups excluding carboxylic acids is 1. The van der Waals surface area contributed by atoms with Crippen LogP contribution in [0.3, 0.4) is 0 Å². The van der Waals surface area contributed by atoms with Crippen LogP contribution in [0.5, 0.6) is 0 Å². The van der Waals surface area contributed by atoms with Gasteiger partial charge in [-0.2, -0.15) is 5.26 Å². The van der Waals surface area contributed by atoms with Gasteiger partial charge in [0.25, 0.3) is 5.91 Å². The van der Waals surface area contributed by atoms with Gasteiger partial charge in [0.2, 0.25) is 0 Å². The quantitative estimate of drug-likeness (QED) is 0.838. The lowest BCUT2D eigenvalue weighted by Crippen LogP contribution is -2.27. The smallest absolute Gasteiger partial charge is 0.265 e. The summed E-state index contributed by atoms with van der Waals surface area (Å²) in [6, 6.07) is 2.15. The standard InChI is InChI=1S/C13H19N5OS/c1-17(2)12(19)11-10(15)9(8-14)13(20-11)18-6-3-4-16-5-7-18/h16H,3-7,15H2,1-2H3. The highest BCUT2D eigenvalue weighted by atomic mass is 32.1. The van der Waals surface area contributed by atoms with Gasteiger partial charge in [-0.25, -0.2) is 0 Å². The molecule has 0 unspecified atom stereocenters. The zero-order valence-electron chi connectivity index (χ0n) is 11.8. The average molecular weight is 293 g/mol. The number of nitriles is 1. The van der Waals surface area contributed by atoms with E-state index in [4.69, 9.17) is 5.73 Å². The van der Waals surface area contributed by atoms with Crippen molar-refractivity contribution in [3.8, 4) is 6.07 Å². The van der Waals surface area contributed by atoms with Gasteiger partial charge in [-0.15, -0.1) is 11.3 Å². The molecular weight excluding hydrogens is 274 g/mol. The van der Waals surface area contributed by atoms with E-state index < -0.39 is 0 Å². The molecule has 20 heavy (non-hydrogen) atoms. The lowest BCUT2D eigenvalue weighted by atomic mass is 10.2. The lowest BCUT2D eigenvalue weighted by Gasteiger charge is -2.20. The second-order valence-corrected chi connectivity index (χ2v) is 5.93. The summed E-state index contributed by atoms with van der Waals surface area (Å²) in [5, 5.41) is 13.5. The Morgan fingerprint density at radius 3 is 2.85 bits per heavy atom. The Bertz CT molecular complexity index is 538. The number of rotatable bonds is 2. The fraction of sp³-hybridized carbons (Fsp3) is 0.538. The number of carbonyl (C=O) groups is 1. The molecule has 108 valence electrons. The Morgan fingerprint density at radius 2 is 2.20 bits per heavy atom. The van der Waals surface area contributed by atoms with Crippen molar-refractivity contribution >= 4 is 27.9 Å². The SMILES string of the molecule is CN(C)C(=O)c1sc(N2CCCNCC2)c(C#N)c1N. The summed E-state index contributed by atoms with van der Waals surface area (Å²) in [6.07, 6.45) is 1.01. The molecule has 1 aromatic heterocycles. The van der Waals surface area contributed by atoms with Gasteiger partial charge >= 0.3 is 0 Å². The van der Waals surface area contributed by atoms with Crippen LogP contribution in [-0.2, 0) is 0 Å². The van der Waals surface area contributed by atoms with Gasteiger partial charge in [0.1, 0.15) is 21.5 Å². The minimum absolute atomic E-state index is 0.150. The summed E-state index contributed by atoms with van der Waals surface area (Å²) >= 11 is 1.32. The van der Waals surface area contributed by atoms with E-state index in [-0.39, 0.29) is 5.91 Å². The fourth-order valence-electron chi connectivity index (χ4n) is 2.17. The molecule has 0 spiro atoms. The largest absolute Gasteiger partial charge is 0.396 e. The molecular formula is C13H19N5OS. The molecule has 1 aliphatic heterocycles. The first-order chi connectivity index (χ1) is 9.56. The molecule has 0 aliphatic carbocycles. The second kappa shape index (κ2) is 6.11. The van der Waals surface area contributed by atoms with Crippen molar-refractivity contribution in [3.63, 3.8) is 0 Å². The summed E-state index contributed by atoms with van der Waals surface area (Å²) in [7, 11) is 3.37. The monoisotopic (exact) mass is 293 g/mol. The molecule has 6 nitrogen and oxygen atoms in total. The van der Waals surface area contributed by atoms with Crippen LogP contribution in [0, 0.1) is 11.3 Å². The molecule has 1 aliphatic rings. The number of nitrogens with zero attached hydrogens (tertiary/aromatic N) is 3. The molecule has 0 bridgehead atoms. The highest BCUT2D eigenvalue weighted by molar-refractivity contribution is 7.19. The number of thiophene rings is 1. The Hall–Kier alpha value is -1.78. The third-order valence-electron chi connectivity index (χ3n) is 3.27. The first kappa shape index (κ1) is 14.6. The van der Waals surface area contributed by atoms with E-state index in [1.165, 1.54) is 16.2 Å². The molecule has 0 radical (unpaired) electrons. The molecule has 1 fully saturated rings. The molecule has 0 aromatic carbocycles. The number of nitrogens with one attached hydrogen (secondary N) is 1. The highest BCUT2D eigenvalue weighted by Gasteiger charge is 2.25. The normalized spacial score (nSPS) is 15.6. The molecule has 0 saturated carbocycles. The first-order valence-corrected chi connectivity index (χ1v) is 7.37. The van der Waals surface area contributed by atoms with Crippen LogP contribution in [0.15, 0.2) is 0 Å². The minimum Gasteiger partial charge on any atom is -0.396 e. The first-order valence-electron chi connectivity index (χ1n) is 6.56. The molecule has 1 aromatic rings. The third-order valence-corrected chi connectivity index (χ3v) is 4.52. The van der Waals surface area contributed by atoms with E-state index in [1.54, 1.807) is 14.1 Å². The zero-order chi connectivity index (χ0) is 14.7. The van der Waals surface area contributed by atoms with Gasteiger partial charge in [-0.3, -0.25) is 4.79 Å². The van der Waals surface area contributed by atoms with Gasteiger partial charge in [0, 0.05) is 33.7 Å². The Kier molecular flexibility index (Phi) is 4.47. The number of hydrogen-bond acceptors (Lipinski definition) is 6. The van der Waals surface area contributed by atoms with Crippen molar-refractivity contribution in [1.29, 1.82) is 5.26 Å². The van der Waals surface area contributed by atoms with Crippen LogP contribution in [0.25, 0.3) is 0 Å². The molecule has 1 saturated heterocycles. The molecule has 7 heteroatoms. The molecule has 2 heterocycles. The van der Waals surface area contributed by atoms with Crippen LogP contribution >= 0.6 is 11.3 Å². The molecule has 1 amide bonds. The maximum atomic E-state index is 12.1. The number of hydrogen-bond donors (Lipinski definition) is 2. The molecule has 2 rings (SSSR count). The second-order valence-electron chi connectivity index (χ2n) is 4.93. The van der Waals surface area contributed by atoms with E-state index >= 15 is 0 Å². The van der Waals surface area contributed by atoms with E-state index in [0.717, 1.165) is 37.6 Å². The number of amides is 1. The van der Waals surface area contributed by atoms with E-state index in [9.17, 15) is 10.1 Å². The summed E-state index contributed by atoms with van der Waals surface area (Å²) in [5.74, 6) is -0.150. The van der Waals surface area contributed by atoms with Crippen molar-refractivity contribution in [3.05, 3.63) is 10.4 Å². The predicted molar refractivity (Wildman–Crippen MR) is 81.2 cm³/mol.